The molecule has 1 aromatic carbocycles. The highest BCUT2D eigenvalue weighted by Gasteiger charge is 2.21. The number of piperazine rings is 1. The van der Waals surface area contributed by atoms with Crippen LogP contribution in [-0.4, -0.2) is 63.6 Å². The predicted octanol–water partition coefficient (Wildman–Crippen LogP) is 2.40. The molecule has 1 aliphatic heterocycles. The molecule has 146 valence electrons. The molecule has 1 amide bonds. The van der Waals surface area contributed by atoms with Crippen LogP contribution in [0.4, 0.5) is 11.4 Å². The molecule has 3 heterocycles. The number of likely N-dealkylation sites (N-methyl/N-ethyl adjacent to an activating group) is 1. The summed E-state index contributed by atoms with van der Waals surface area (Å²) in [6.07, 6.45) is 0. The number of aromatic nitrogens is 4. The van der Waals surface area contributed by atoms with Crippen LogP contribution in [-0.2, 0) is 0 Å². The van der Waals surface area contributed by atoms with E-state index in [4.69, 9.17) is 11.6 Å². The molecule has 1 aliphatic rings. The minimum Gasteiger partial charge on any atom is -0.367 e. The van der Waals surface area contributed by atoms with Gasteiger partial charge in [-0.1, -0.05) is 11.6 Å². The van der Waals surface area contributed by atoms with Crippen molar-refractivity contribution in [1.29, 1.82) is 0 Å². The van der Waals surface area contributed by atoms with E-state index >= 15 is 0 Å². The number of hydrogen-bond donors (Lipinski definition) is 1. The number of benzene rings is 1. The summed E-state index contributed by atoms with van der Waals surface area (Å²) in [5.41, 5.74) is 3.30. The van der Waals surface area contributed by atoms with Crippen molar-refractivity contribution in [2.75, 3.05) is 43.4 Å². The normalized spacial score (nSPS) is 15.2. The number of halogens is 1. The van der Waals surface area contributed by atoms with Crippen LogP contribution in [0.1, 0.15) is 22.0 Å². The largest absolute Gasteiger partial charge is 0.367 e. The lowest BCUT2D eigenvalue weighted by atomic mass is 10.2. The first kappa shape index (κ1) is 18.6. The van der Waals surface area contributed by atoms with Crippen molar-refractivity contribution in [3.05, 3.63) is 46.5 Å². The van der Waals surface area contributed by atoms with Crippen molar-refractivity contribution < 1.29 is 4.79 Å². The summed E-state index contributed by atoms with van der Waals surface area (Å²) < 4.78 is 1.57. The fourth-order valence-corrected chi connectivity index (χ4v) is 3.54. The summed E-state index contributed by atoms with van der Waals surface area (Å²) in [5.74, 6) is 0.0961. The Morgan fingerprint density at radius 3 is 2.61 bits per heavy atom. The van der Waals surface area contributed by atoms with E-state index in [0.29, 0.717) is 16.5 Å². The third kappa shape index (κ3) is 3.65. The Kier molecular flexibility index (Phi) is 4.91. The number of fused-ring (bicyclic) bond motifs is 1. The maximum Gasteiger partial charge on any atom is 0.295 e. The number of amides is 1. The van der Waals surface area contributed by atoms with Crippen LogP contribution in [0, 0.1) is 13.8 Å². The first-order chi connectivity index (χ1) is 13.4. The van der Waals surface area contributed by atoms with Gasteiger partial charge in [0.25, 0.3) is 11.7 Å². The molecule has 4 rings (SSSR count). The molecule has 2 aromatic heterocycles. The zero-order valence-electron chi connectivity index (χ0n) is 16.1. The zero-order valence-corrected chi connectivity index (χ0v) is 16.9. The topological polar surface area (TPSA) is 78.7 Å². The van der Waals surface area contributed by atoms with Crippen LogP contribution in [0.3, 0.4) is 0 Å². The number of rotatable bonds is 3. The van der Waals surface area contributed by atoms with Crippen molar-refractivity contribution in [2.24, 2.45) is 0 Å². The second-order valence-corrected chi connectivity index (χ2v) is 7.53. The lowest BCUT2D eigenvalue weighted by Gasteiger charge is -2.35. The molecule has 0 radical (unpaired) electrons. The molecule has 3 aromatic rings. The number of anilines is 2. The van der Waals surface area contributed by atoms with Crippen LogP contribution in [0.15, 0.2) is 24.3 Å². The summed E-state index contributed by atoms with van der Waals surface area (Å²) in [6.45, 7) is 7.49. The fourth-order valence-electron chi connectivity index (χ4n) is 3.37. The van der Waals surface area contributed by atoms with Gasteiger partial charge in [-0.2, -0.15) is 4.98 Å². The maximum absolute atomic E-state index is 12.8. The second kappa shape index (κ2) is 7.37. The highest BCUT2D eigenvalue weighted by Crippen LogP contribution is 2.30. The minimum atomic E-state index is -0.389. The van der Waals surface area contributed by atoms with E-state index in [2.05, 4.69) is 37.2 Å². The molecule has 0 unspecified atom stereocenters. The van der Waals surface area contributed by atoms with E-state index in [1.54, 1.807) is 10.6 Å². The highest BCUT2D eigenvalue weighted by molar-refractivity contribution is 6.31. The molecular weight excluding hydrogens is 378 g/mol. The van der Waals surface area contributed by atoms with Crippen molar-refractivity contribution in [2.45, 2.75) is 13.8 Å². The molecule has 8 nitrogen and oxygen atoms in total. The first-order valence-electron chi connectivity index (χ1n) is 9.16. The van der Waals surface area contributed by atoms with E-state index in [9.17, 15) is 4.79 Å². The van der Waals surface area contributed by atoms with Crippen molar-refractivity contribution in [1.82, 2.24) is 24.5 Å². The number of carbonyl (C=O) groups excluding carboxylic acids is 1. The van der Waals surface area contributed by atoms with Crippen LogP contribution in [0.2, 0.25) is 5.02 Å². The van der Waals surface area contributed by atoms with Crippen LogP contribution < -0.4 is 10.2 Å². The molecule has 0 atom stereocenters. The van der Waals surface area contributed by atoms with Crippen molar-refractivity contribution in [3.8, 4) is 0 Å². The van der Waals surface area contributed by atoms with Crippen LogP contribution >= 0.6 is 11.6 Å². The van der Waals surface area contributed by atoms with Gasteiger partial charge < -0.3 is 15.1 Å². The molecule has 1 N–H and O–H groups in total. The van der Waals surface area contributed by atoms with Gasteiger partial charge >= 0.3 is 0 Å². The van der Waals surface area contributed by atoms with Gasteiger partial charge in [0.2, 0.25) is 5.82 Å². The molecule has 28 heavy (non-hydrogen) atoms. The average Bonchev–Trinajstić information content (AvgIpc) is 3.07. The molecule has 0 bridgehead atoms. The van der Waals surface area contributed by atoms with Crippen molar-refractivity contribution in [3.63, 3.8) is 0 Å². The summed E-state index contributed by atoms with van der Waals surface area (Å²) >= 11 is 6.19. The Morgan fingerprint density at radius 1 is 1.11 bits per heavy atom. The molecule has 0 spiro atoms. The SMILES string of the molecule is Cc1cc(C)n2nc(C(=O)Nc3cc(Cl)ccc3N3CCN(C)CC3)nc2n1. The van der Waals surface area contributed by atoms with E-state index in [-0.39, 0.29) is 11.7 Å². The fraction of sp³-hybridized carbons (Fsp3) is 0.368. The second-order valence-electron chi connectivity index (χ2n) is 7.09. The summed E-state index contributed by atoms with van der Waals surface area (Å²) in [4.78, 5) is 26.0. The number of nitrogens with one attached hydrogen (secondary N) is 1. The Hall–Kier alpha value is -2.71. The van der Waals surface area contributed by atoms with E-state index in [1.807, 2.05) is 32.0 Å². The van der Waals surface area contributed by atoms with Gasteiger partial charge in [0.1, 0.15) is 0 Å². The standard InChI is InChI=1S/C19H22ClN7O/c1-12-10-13(2)27-19(21-12)23-17(24-27)18(28)22-15-11-14(20)4-5-16(15)26-8-6-25(3)7-9-26/h4-5,10-11H,6-9H2,1-3H3,(H,22,28). The molecular formula is C19H22ClN7O. The Morgan fingerprint density at radius 2 is 1.86 bits per heavy atom. The van der Waals surface area contributed by atoms with E-state index in [1.165, 1.54) is 0 Å². The Balaban J connectivity index is 1.62. The van der Waals surface area contributed by atoms with Gasteiger partial charge in [-0.15, -0.1) is 5.10 Å². The summed E-state index contributed by atoms with van der Waals surface area (Å²) in [7, 11) is 2.11. The van der Waals surface area contributed by atoms with Gasteiger partial charge in [-0.3, -0.25) is 4.79 Å². The maximum atomic E-state index is 12.8. The molecule has 1 fully saturated rings. The minimum absolute atomic E-state index is 0.0745. The van der Waals surface area contributed by atoms with E-state index < -0.39 is 0 Å². The third-order valence-corrected chi connectivity index (χ3v) is 5.11. The van der Waals surface area contributed by atoms with E-state index in [0.717, 1.165) is 43.3 Å². The smallest absolute Gasteiger partial charge is 0.295 e. The molecule has 9 heteroatoms. The number of nitrogens with zero attached hydrogens (tertiary/aromatic N) is 6. The monoisotopic (exact) mass is 399 g/mol. The average molecular weight is 400 g/mol. The van der Waals surface area contributed by atoms with Gasteiger partial charge in [-0.25, -0.2) is 9.50 Å². The molecule has 1 saturated heterocycles. The quantitative estimate of drug-likeness (QED) is 0.728. The highest BCUT2D eigenvalue weighted by atomic mass is 35.5. The third-order valence-electron chi connectivity index (χ3n) is 4.87. The summed E-state index contributed by atoms with van der Waals surface area (Å²) in [6, 6.07) is 7.43. The molecule has 0 saturated carbocycles. The Labute approximate surface area is 168 Å². The van der Waals surface area contributed by atoms with Gasteiger partial charge in [0.15, 0.2) is 0 Å². The van der Waals surface area contributed by atoms with Crippen LogP contribution in [0.25, 0.3) is 5.78 Å². The lowest BCUT2D eigenvalue weighted by molar-refractivity contribution is 0.101. The number of aryl methyl sites for hydroxylation is 2. The van der Waals surface area contributed by atoms with Gasteiger partial charge in [0.05, 0.1) is 11.4 Å². The number of hydrogen-bond acceptors (Lipinski definition) is 6. The summed E-state index contributed by atoms with van der Waals surface area (Å²) in [5, 5.41) is 7.79. The Bertz CT molecular complexity index is 1040. The van der Waals surface area contributed by atoms with Crippen LogP contribution in [0.5, 0.6) is 0 Å². The zero-order chi connectivity index (χ0) is 19.8. The first-order valence-corrected chi connectivity index (χ1v) is 9.54. The van der Waals surface area contributed by atoms with Gasteiger partial charge in [0, 0.05) is 42.6 Å². The van der Waals surface area contributed by atoms with Crippen molar-refractivity contribution >= 4 is 34.7 Å². The van der Waals surface area contributed by atoms with Gasteiger partial charge in [-0.05, 0) is 45.2 Å². The predicted molar refractivity (Wildman–Crippen MR) is 109 cm³/mol. The lowest BCUT2D eigenvalue weighted by Crippen LogP contribution is -2.44. The molecule has 0 aliphatic carbocycles. The number of carbonyl (C=O) groups is 1.